The Morgan fingerprint density at radius 3 is 2.54 bits per heavy atom. The Morgan fingerprint density at radius 1 is 1.12 bits per heavy atom. The lowest BCUT2D eigenvalue weighted by atomic mass is 10.2. The van der Waals surface area contributed by atoms with Crippen LogP contribution in [0.4, 0.5) is 20.2 Å². The molecule has 0 aliphatic carbocycles. The van der Waals surface area contributed by atoms with E-state index in [1.807, 2.05) is 4.90 Å². The molecule has 1 aliphatic heterocycles. The summed E-state index contributed by atoms with van der Waals surface area (Å²) in [6.45, 7) is 1.58. The van der Waals surface area contributed by atoms with Crippen LogP contribution in [0.2, 0.25) is 0 Å². The van der Waals surface area contributed by atoms with Crippen molar-refractivity contribution in [2.75, 3.05) is 29.9 Å². The number of piperazine rings is 1. The molecule has 5 nitrogen and oxygen atoms in total. The zero-order chi connectivity index (χ0) is 17.1. The average Bonchev–Trinajstić information content (AvgIpc) is 2.55. The molecule has 7 heteroatoms. The second kappa shape index (κ2) is 6.66. The lowest BCUT2D eigenvalue weighted by molar-refractivity contribution is -0.120. The third-order valence-electron chi connectivity index (χ3n) is 3.70. The molecule has 0 radical (unpaired) electrons. The minimum atomic E-state index is -0.913. The van der Waals surface area contributed by atoms with Gasteiger partial charge in [0.1, 0.15) is 11.6 Å². The number of nitrogens with zero attached hydrogens (tertiary/aromatic N) is 1. The Hall–Kier alpha value is -2.96. The molecule has 0 atom stereocenters. The van der Waals surface area contributed by atoms with Gasteiger partial charge in [-0.25, -0.2) is 8.78 Å². The van der Waals surface area contributed by atoms with Crippen LogP contribution in [0.1, 0.15) is 10.4 Å². The van der Waals surface area contributed by atoms with Gasteiger partial charge in [-0.2, -0.15) is 0 Å². The highest BCUT2D eigenvalue weighted by atomic mass is 19.1. The van der Waals surface area contributed by atoms with E-state index in [0.717, 1.165) is 17.8 Å². The predicted molar refractivity (Wildman–Crippen MR) is 86.0 cm³/mol. The molecule has 2 aromatic carbocycles. The van der Waals surface area contributed by atoms with Gasteiger partial charge in [0.25, 0.3) is 5.91 Å². The first kappa shape index (κ1) is 15.9. The maximum atomic E-state index is 13.6. The van der Waals surface area contributed by atoms with Crippen LogP contribution in [0, 0.1) is 11.6 Å². The van der Waals surface area contributed by atoms with Crippen LogP contribution in [0.5, 0.6) is 0 Å². The minimum absolute atomic E-state index is 0.0367. The summed E-state index contributed by atoms with van der Waals surface area (Å²) in [5, 5.41) is 5.31. The Morgan fingerprint density at radius 2 is 1.88 bits per heavy atom. The van der Waals surface area contributed by atoms with Gasteiger partial charge in [0.2, 0.25) is 5.91 Å². The molecule has 2 amide bonds. The van der Waals surface area contributed by atoms with Crippen molar-refractivity contribution in [3.8, 4) is 0 Å². The normalized spacial score (nSPS) is 14.2. The highest BCUT2D eigenvalue weighted by Gasteiger charge is 2.17. The molecule has 3 rings (SSSR count). The van der Waals surface area contributed by atoms with Gasteiger partial charge < -0.3 is 15.5 Å². The molecule has 24 heavy (non-hydrogen) atoms. The second-order valence-corrected chi connectivity index (χ2v) is 5.40. The summed E-state index contributed by atoms with van der Waals surface area (Å²) < 4.78 is 26.5. The number of hydrogen-bond donors (Lipinski definition) is 2. The monoisotopic (exact) mass is 331 g/mol. The maximum Gasteiger partial charge on any atom is 0.258 e. The smallest absolute Gasteiger partial charge is 0.258 e. The molecule has 0 saturated carbocycles. The number of amides is 2. The van der Waals surface area contributed by atoms with Crippen molar-refractivity contribution >= 4 is 23.2 Å². The molecular formula is C17H15F2N3O2. The number of carbonyl (C=O) groups is 2. The fourth-order valence-electron chi connectivity index (χ4n) is 2.49. The molecule has 2 aromatic rings. The summed E-state index contributed by atoms with van der Waals surface area (Å²) >= 11 is 0. The first-order valence-electron chi connectivity index (χ1n) is 7.41. The quantitative estimate of drug-likeness (QED) is 0.906. The first-order valence-corrected chi connectivity index (χ1v) is 7.41. The molecule has 1 saturated heterocycles. The van der Waals surface area contributed by atoms with E-state index >= 15 is 0 Å². The molecule has 0 aromatic heterocycles. The molecule has 1 aliphatic rings. The molecule has 1 fully saturated rings. The van der Waals surface area contributed by atoms with E-state index in [9.17, 15) is 18.4 Å². The lowest BCUT2D eigenvalue weighted by Crippen LogP contribution is -2.47. The minimum Gasteiger partial charge on any atom is -0.360 e. The van der Waals surface area contributed by atoms with Crippen LogP contribution in [0.25, 0.3) is 0 Å². The van der Waals surface area contributed by atoms with Gasteiger partial charge in [-0.15, -0.1) is 0 Å². The first-order chi connectivity index (χ1) is 11.5. The third-order valence-corrected chi connectivity index (χ3v) is 3.70. The molecule has 0 bridgehead atoms. The Bertz CT molecular complexity index is 778. The topological polar surface area (TPSA) is 61.4 Å². The van der Waals surface area contributed by atoms with Crippen LogP contribution in [-0.4, -0.2) is 31.4 Å². The predicted octanol–water partition coefficient (Wildman–Crippen LogP) is 2.15. The number of benzene rings is 2. The van der Waals surface area contributed by atoms with E-state index in [4.69, 9.17) is 0 Å². The van der Waals surface area contributed by atoms with Crippen LogP contribution in [0.3, 0.4) is 0 Å². The largest absolute Gasteiger partial charge is 0.360 e. The average molecular weight is 331 g/mol. The number of anilines is 2. The van der Waals surface area contributed by atoms with E-state index in [0.29, 0.717) is 24.8 Å². The van der Waals surface area contributed by atoms with E-state index in [1.165, 1.54) is 0 Å². The lowest BCUT2D eigenvalue weighted by Gasteiger charge is -2.28. The summed E-state index contributed by atoms with van der Waals surface area (Å²) in [5.74, 6) is -2.34. The zero-order valence-corrected chi connectivity index (χ0v) is 12.7. The van der Waals surface area contributed by atoms with Crippen LogP contribution < -0.4 is 15.5 Å². The Kier molecular flexibility index (Phi) is 4.41. The van der Waals surface area contributed by atoms with Crippen molar-refractivity contribution in [2.45, 2.75) is 0 Å². The van der Waals surface area contributed by atoms with E-state index in [1.54, 1.807) is 24.3 Å². The van der Waals surface area contributed by atoms with Crippen molar-refractivity contribution in [3.63, 3.8) is 0 Å². The number of rotatable bonds is 3. The Labute approximate surface area is 137 Å². The summed E-state index contributed by atoms with van der Waals surface area (Å²) in [4.78, 5) is 25.4. The van der Waals surface area contributed by atoms with Crippen molar-refractivity contribution in [1.29, 1.82) is 0 Å². The summed E-state index contributed by atoms with van der Waals surface area (Å²) in [6, 6.07) is 9.68. The third kappa shape index (κ3) is 3.51. The van der Waals surface area contributed by atoms with Gasteiger partial charge in [-0.05, 0) is 36.4 Å². The van der Waals surface area contributed by atoms with Gasteiger partial charge in [0.05, 0.1) is 12.1 Å². The number of carbonyl (C=O) groups excluding carboxylic acids is 2. The fraction of sp³-hybridized carbons (Fsp3) is 0.176. The van der Waals surface area contributed by atoms with Gasteiger partial charge in [0, 0.05) is 30.5 Å². The van der Waals surface area contributed by atoms with Crippen LogP contribution in [-0.2, 0) is 4.79 Å². The van der Waals surface area contributed by atoms with E-state index < -0.39 is 17.5 Å². The Balaban J connectivity index is 1.69. The SMILES string of the molecule is O=C1CN(c2ccc(NC(=O)c3ccc(F)cc3F)cc2)CCN1. The molecule has 0 unspecified atom stereocenters. The van der Waals surface area contributed by atoms with Gasteiger partial charge in [-0.3, -0.25) is 9.59 Å². The standard InChI is InChI=1S/C17H15F2N3O2/c18-11-1-6-14(15(19)9-11)17(24)21-12-2-4-13(5-3-12)22-8-7-20-16(23)10-22/h1-6,9H,7-8,10H2,(H,20,23)(H,21,24). The van der Waals surface area contributed by atoms with Gasteiger partial charge in [0.15, 0.2) is 0 Å². The van der Waals surface area contributed by atoms with Crippen molar-refractivity contribution in [2.24, 2.45) is 0 Å². The highest BCUT2D eigenvalue weighted by molar-refractivity contribution is 6.04. The second-order valence-electron chi connectivity index (χ2n) is 5.40. The molecule has 0 spiro atoms. The molecule has 124 valence electrons. The van der Waals surface area contributed by atoms with Crippen molar-refractivity contribution < 1.29 is 18.4 Å². The summed E-state index contributed by atoms with van der Waals surface area (Å²) in [5.41, 5.74) is 1.11. The van der Waals surface area contributed by atoms with E-state index in [-0.39, 0.29) is 18.0 Å². The number of nitrogens with one attached hydrogen (secondary N) is 2. The zero-order valence-electron chi connectivity index (χ0n) is 12.7. The maximum absolute atomic E-state index is 13.6. The van der Waals surface area contributed by atoms with Crippen LogP contribution >= 0.6 is 0 Å². The fourth-order valence-corrected chi connectivity index (χ4v) is 2.49. The van der Waals surface area contributed by atoms with Crippen molar-refractivity contribution in [1.82, 2.24) is 5.32 Å². The van der Waals surface area contributed by atoms with Crippen molar-refractivity contribution in [3.05, 3.63) is 59.7 Å². The summed E-state index contributed by atoms with van der Waals surface area (Å²) in [6.07, 6.45) is 0. The number of hydrogen-bond acceptors (Lipinski definition) is 3. The molecule has 2 N–H and O–H groups in total. The highest BCUT2D eigenvalue weighted by Crippen LogP contribution is 2.19. The van der Waals surface area contributed by atoms with Crippen LogP contribution in [0.15, 0.2) is 42.5 Å². The van der Waals surface area contributed by atoms with Gasteiger partial charge in [-0.1, -0.05) is 0 Å². The molecular weight excluding hydrogens is 316 g/mol. The number of halogens is 2. The van der Waals surface area contributed by atoms with E-state index in [2.05, 4.69) is 10.6 Å². The van der Waals surface area contributed by atoms with Gasteiger partial charge >= 0.3 is 0 Å². The summed E-state index contributed by atoms with van der Waals surface area (Å²) in [7, 11) is 0. The molecule has 1 heterocycles.